The van der Waals surface area contributed by atoms with Crippen LogP contribution in [0.15, 0.2) is 42.5 Å². The monoisotopic (exact) mass is 237 g/mol. The Bertz CT molecular complexity index is 580. The van der Waals surface area contributed by atoms with E-state index in [4.69, 9.17) is 11.0 Å². The number of hydrogen-bond acceptors (Lipinski definition) is 3. The molecule has 3 N–H and O–H groups in total. The van der Waals surface area contributed by atoms with Crippen molar-refractivity contribution in [2.45, 2.75) is 13.3 Å². The molecule has 2 rings (SSSR count). The van der Waals surface area contributed by atoms with Crippen LogP contribution in [0.2, 0.25) is 0 Å². The molecule has 3 heteroatoms. The lowest BCUT2D eigenvalue weighted by Gasteiger charge is -2.10. The molecule has 0 aromatic heterocycles. The summed E-state index contributed by atoms with van der Waals surface area (Å²) in [6.45, 7) is 2.03. The van der Waals surface area contributed by atoms with Gasteiger partial charge in [0.25, 0.3) is 0 Å². The zero-order valence-electron chi connectivity index (χ0n) is 10.3. The van der Waals surface area contributed by atoms with Gasteiger partial charge in [0, 0.05) is 5.69 Å². The highest BCUT2D eigenvalue weighted by molar-refractivity contribution is 5.73. The molecule has 90 valence electrons. The molecule has 2 aromatic rings. The van der Waals surface area contributed by atoms with Crippen molar-refractivity contribution in [2.24, 2.45) is 0 Å². The second-order valence-electron chi connectivity index (χ2n) is 4.25. The van der Waals surface area contributed by atoms with Gasteiger partial charge >= 0.3 is 0 Å². The van der Waals surface area contributed by atoms with Crippen molar-refractivity contribution in [3.63, 3.8) is 0 Å². The molecule has 3 nitrogen and oxygen atoms in total. The summed E-state index contributed by atoms with van der Waals surface area (Å²) in [4.78, 5) is 0. The van der Waals surface area contributed by atoms with E-state index in [0.717, 1.165) is 28.2 Å². The van der Waals surface area contributed by atoms with Crippen LogP contribution in [0.3, 0.4) is 0 Å². The highest BCUT2D eigenvalue weighted by Crippen LogP contribution is 2.24. The average molecular weight is 237 g/mol. The van der Waals surface area contributed by atoms with Gasteiger partial charge in [-0.1, -0.05) is 18.2 Å². The quantitative estimate of drug-likeness (QED) is 0.804. The number of aryl methyl sites for hydroxylation is 1. The predicted molar refractivity (Wildman–Crippen MR) is 74.6 cm³/mol. The predicted octanol–water partition coefficient (Wildman–Crippen LogP) is 3.39. The molecule has 0 atom stereocenters. The summed E-state index contributed by atoms with van der Waals surface area (Å²) in [5.41, 5.74) is 10.7. The molecule has 0 fully saturated rings. The Morgan fingerprint density at radius 3 is 2.56 bits per heavy atom. The first-order valence-electron chi connectivity index (χ1n) is 5.78. The summed E-state index contributed by atoms with van der Waals surface area (Å²) in [6.07, 6.45) is 0.437. The van der Waals surface area contributed by atoms with Gasteiger partial charge in [-0.05, 0) is 42.3 Å². The second-order valence-corrected chi connectivity index (χ2v) is 4.25. The maximum Gasteiger partial charge on any atom is 0.0669 e. The van der Waals surface area contributed by atoms with E-state index in [9.17, 15) is 0 Å². The van der Waals surface area contributed by atoms with Crippen molar-refractivity contribution in [2.75, 3.05) is 11.1 Å². The van der Waals surface area contributed by atoms with Gasteiger partial charge in [-0.3, -0.25) is 0 Å². The van der Waals surface area contributed by atoms with Gasteiger partial charge in [0.15, 0.2) is 0 Å². The van der Waals surface area contributed by atoms with E-state index >= 15 is 0 Å². The van der Waals surface area contributed by atoms with E-state index in [1.54, 1.807) is 0 Å². The van der Waals surface area contributed by atoms with Crippen LogP contribution in [0.25, 0.3) is 0 Å². The Morgan fingerprint density at radius 2 is 1.89 bits per heavy atom. The number of nitrogens with zero attached hydrogens (tertiary/aromatic N) is 1. The number of benzene rings is 2. The summed E-state index contributed by atoms with van der Waals surface area (Å²) in [7, 11) is 0. The molecular formula is C15H15N3. The number of nitriles is 1. The standard InChI is InChI=1S/C15H15N3/c1-11-2-7-14(17)15(10-11)18-13-5-3-12(4-6-13)8-9-16/h2-7,10,18H,8,17H2,1H3. The van der Waals surface area contributed by atoms with Crippen LogP contribution < -0.4 is 11.1 Å². The second kappa shape index (κ2) is 5.24. The summed E-state index contributed by atoms with van der Waals surface area (Å²) >= 11 is 0. The van der Waals surface area contributed by atoms with Gasteiger partial charge in [-0.25, -0.2) is 0 Å². The maximum absolute atomic E-state index is 8.61. The van der Waals surface area contributed by atoms with Crippen molar-refractivity contribution in [1.29, 1.82) is 5.26 Å². The minimum absolute atomic E-state index is 0.437. The largest absolute Gasteiger partial charge is 0.397 e. The van der Waals surface area contributed by atoms with E-state index < -0.39 is 0 Å². The van der Waals surface area contributed by atoms with Crippen LogP contribution in [0.4, 0.5) is 17.1 Å². The number of rotatable bonds is 3. The number of anilines is 3. The highest BCUT2D eigenvalue weighted by Gasteiger charge is 2.00. The van der Waals surface area contributed by atoms with Crippen molar-refractivity contribution in [3.05, 3.63) is 53.6 Å². The maximum atomic E-state index is 8.61. The molecular weight excluding hydrogens is 222 g/mol. The van der Waals surface area contributed by atoms with E-state index in [-0.39, 0.29) is 0 Å². The lowest BCUT2D eigenvalue weighted by molar-refractivity contribution is 1.26. The first-order chi connectivity index (χ1) is 8.69. The van der Waals surface area contributed by atoms with Crippen molar-refractivity contribution < 1.29 is 0 Å². The lowest BCUT2D eigenvalue weighted by atomic mass is 10.1. The van der Waals surface area contributed by atoms with Gasteiger partial charge in [0.1, 0.15) is 0 Å². The molecule has 0 aliphatic rings. The first-order valence-corrected chi connectivity index (χ1v) is 5.78. The van der Waals surface area contributed by atoms with Crippen molar-refractivity contribution >= 4 is 17.1 Å². The Balaban J connectivity index is 2.18. The summed E-state index contributed by atoms with van der Waals surface area (Å²) < 4.78 is 0. The number of nitrogen functional groups attached to an aromatic ring is 1. The minimum Gasteiger partial charge on any atom is -0.397 e. The Kier molecular flexibility index (Phi) is 3.49. The summed E-state index contributed by atoms with van der Waals surface area (Å²) in [5, 5.41) is 11.9. The third-order valence-electron chi connectivity index (χ3n) is 2.72. The topological polar surface area (TPSA) is 61.8 Å². The molecule has 0 unspecified atom stereocenters. The number of hydrogen-bond donors (Lipinski definition) is 2. The fourth-order valence-electron chi connectivity index (χ4n) is 1.73. The zero-order valence-corrected chi connectivity index (χ0v) is 10.3. The smallest absolute Gasteiger partial charge is 0.0669 e. The molecule has 0 heterocycles. The van der Waals surface area contributed by atoms with E-state index in [1.807, 2.05) is 49.4 Å². The first kappa shape index (κ1) is 12.0. The lowest BCUT2D eigenvalue weighted by Crippen LogP contribution is -1.96. The van der Waals surface area contributed by atoms with Gasteiger partial charge in [0.2, 0.25) is 0 Å². The average Bonchev–Trinajstić information content (AvgIpc) is 2.37. The van der Waals surface area contributed by atoms with Crippen molar-refractivity contribution in [1.82, 2.24) is 0 Å². The van der Waals surface area contributed by atoms with Crippen LogP contribution in [-0.4, -0.2) is 0 Å². The zero-order chi connectivity index (χ0) is 13.0. The van der Waals surface area contributed by atoms with Gasteiger partial charge in [-0.15, -0.1) is 0 Å². The molecule has 18 heavy (non-hydrogen) atoms. The molecule has 0 saturated carbocycles. The van der Waals surface area contributed by atoms with Crippen molar-refractivity contribution in [3.8, 4) is 6.07 Å². The van der Waals surface area contributed by atoms with Crippen LogP contribution in [0, 0.1) is 18.3 Å². The normalized spacial score (nSPS) is 9.78. The van der Waals surface area contributed by atoms with Crippen LogP contribution in [0.1, 0.15) is 11.1 Å². The van der Waals surface area contributed by atoms with Gasteiger partial charge < -0.3 is 11.1 Å². The van der Waals surface area contributed by atoms with Gasteiger partial charge in [0.05, 0.1) is 23.9 Å². The molecule has 0 aliphatic carbocycles. The fraction of sp³-hybridized carbons (Fsp3) is 0.133. The summed E-state index contributed by atoms with van der Waals surface area (Å²) in [5.74, 6) is 0. The molecule has 0 saturated heterocycles. The number of nitrogens with two attached hydrogens (primary N) is 1. The van der Waals surface area contributed by atoms with E-state index in [0.29, 0.717) is 6.42 Å². The molecule has 2 aromatic carbocycles. The third-order valence-corrected chi connectivity index (χ3v) is 2.72. The minimum atomic E-state index is 0.437. The molecule has 0 spiro atoms. The molecule has 0 bridgehead atoms. The fourth-order valence-corrected chi connectivity index (χ4v) is 1.73. The van der Waals surface area contributed by atoms with Crippen LogP contribution >= 0.6 is 0 Å². The molecule has 0 amide bonds. The SMILES string of the molecule is Cc1ccc(N)c(Nc2ccc(CC#N)cc2)c1. The van der Waals surface area contributed by atoms with Crippen LogP contribution in [-0.2, 0) is 6.42 Å². The van der Waals surface area contributed by atoms with Gasteiger partial charge in [-0.2, -0.15) is 5.26 Å². The molecule has 0 aliphatic heterocycles. The Labute approximate surface area is 107 Å². The van der Waals surface area contributed by atoms with E-state index in [1.165, 1.54) is 0 Å². The Hall–Kier alpha value is -2.47. The summed E-state index contributed by atoms with van der Waals surface area (Å²) in [6, 6.07) is 15.8. The Morgan fingerprint density at radius 1 is 1.17 bits per heavy atom. The highest BCUT2D eigenvalue weighted by atomic mass is 14.9. The van der Waals surface area contributed by atoms with E-state index in [2.05, 4.69) is 11.4 Å². The number of nitrogens with one attached hydrogen (secondary N) is 1. The van der Waals surface area contributed by atoms with Crippen LogP contribution in [0.5, 0.6) is 0 Å². The third kappa shape index (κ3) is 2.80. The molecule has 0 radical (unpaired) electrons.